The van der Waals surface area contributed by atoms with Crippen LogP contribution in [-0.2, 0) is 4.79 Å². The summed E-state index contributed by atoms with van der Waals surface area (Å²) < 4.78 is 63.7. The molecule has 35 heavy (non-hydrogen) atoms. The fourth-order valence-corrected chi connectivity index (χ4v) is 2.80. The lowest BCUT2D eigenvalue weighted by molar-refractivity contribution is -0.138. The third-order valence-electron chi connectivity index (χ3n) is 4.59. The number of fused-ring (bicyclic) bond motifs is 1. The first-order valence-electron chi connectivity index (χ1n) is 10.6. The predicted molar refractivity (Wildman–Crippen MR) is 124 cm³/mol. The molecule has 0 fully saturated rings. The van der Waals surface area contributed by atoms with E-state index in [2.05, 4.69) is 32.6 Å². The molecule has 3 N–H and O–H groups in total. The van der Waals surface area contributed by atoms with E-state index in [0.717, 1.165) is 37.2 Å². The van der Waals surface area contributed by atoms with Gasteiger partial charge in [-0.15, -0.1) is 0 Å². The van der Waals surface area contributed by atoms with Gasteiger partial charge in [0.2, 0.25) is 11.7 Å². The lowest BCUT2D eigenvalue weighted by Crippen LogP contribution is -2.35. The number of nitrogens with one attached hydrogen (secondary N) is 3. The van der Waals surface area contributed by atoms with Crippen LogP contribution in [0.3, 0.4) is 0 Å². The normalized spacial score (nSPS) is 11.6. The van der Waals surface area contributed by atoms with E-state index < -0.39 is 23.6 Å². The zero-order valence-corrected chi connectivity index (χ0v) is 20.1. The molecule has 1 amide bonds. The molecular formula is C22H29F5N6O2. The molecule has 0 aliphatic heterocycles. The zero-order chi connectivity index (χ0) is 26.8. The SMILES string of the molecule is CCCCNC(C)=O.CF.Cc1ccc(-c2c(NC(C)C(F)(F)F)n3ncnc3[nH]c2=O)c(F)c1. The van der Waals surface area contributed by atoms with Gasteiger partial charge in [-0.3, -0.25) is 19.0 Å². The van der Waals surface area contributed by atoms with Crippen LogP contribution in [0.5, 0.6) is 0 Å². The minimum atomic E-state index is -4.57. The first-order valence-corrected chi connectivity index (χ1v) is 10.6. The lowest BCUT2D eigenvalue weighted by Gasteiger charge is -2.20. The molecule has 1 atom stereocenters. The predicted octanol–water partition coefficient (Wildman–Crippen LogP) is 4.40. The van der Waals surface area contributed by atoms with Crippen molar-refractivity contribution in [3.8, 4) is 11.1 Å². The van der Waals surface area contributed by atoms with Crippen LogP contribution < -0.4 is 16.2 Å². The number of aryl methyl sites for hydroxylation is 1. The number of unbranched alkanes of at least 4 members (excludes halogenated alkanes) is 1. The van der Waals surface area contributed by atoms with Gasteiger partial charge in [-0.05, 0) is 31.9 Å². The molecule has 3 rings (SSSR count). The maximum Gasteiger partial charge on any atom is 0.408 e. The molecule has 13 heteroatoms. The number of alkyl halides is 4. The number of aromatic nitrogens is 4. The average molecular weight is 505 g/mol. The van der Waals surface area contributed by atoms with Crippen molar-refractivity contribution >= 4 is 17.5 Å². The minimum Gasteiger partial charge on any atom is -0.358 e. The van der Waals surface area contributed by atoms with Crippen molar-refractivity contribution < 1.29 is 26.7 Å². The molecule has 194 valence electrons. The fraction of sp³-hybridized carbons (Fsp3) is 0.455. The quantitative estimate of drug-likeness (QED) is 0.341. The molecule has 0 saturated carbocycles. The largest absolute Gasteiger partial charge is 0.408 e. The summed E-state index contributed by atoms with van der Waals surface area (Å²) in [6, 6.07) is 2.09. The molecule has 0 bridgehead atoms. The number of hydrogen-bond acceptors (Lipinski definition) is 5. The fourth-order valence-electron chi connectivity index (χ4n) is 2.80. The van der Waals surface area contributed by atoms with Crippen LogP contribution in [-0.4, -0.2) is 51.4 Å². The van der Waals surface area contributed by atoms with Gasteiger partial charge < -0.3 is 10.6 Å². The van der Waals surface area contributed by atoms with E-state index >= 15 is 0 Å². The summed E-state index contributed by atoms with van der Waals surface area (Å²) in [4.78, 5) is 28.7. The molecule has 2 heterocycles. The van der Waals surface area contributed by atoms with Crippen molar-refractivity contribution in [3.63, 3.8) is 0 Å². The van der Waals surface area contributed by atoms with Crippen LogP contribution in [0.1, 0.15) is 39.2 Å². The Kier molecular flexibility index (Phi) is 11.3. The van der Waals surface area contributed by atoms with Crippen molar-refractivity contribution in [2.45, 2.75) is 52.8 Å². The Morgan fingerprint density at radius 1 is 1.26 bits per heavy atom. The minimum absolute atomic E-state index is 0.0573. The highest BCUT2D eigenvalue weighted by Gasteiger charge is 2.37. The molecule has 0 saturated heterocycles. The summed E-state index contributed by atoms with van der Waals surface area (Å²) in [5.74, 6) is -1.01. The molecule has 3 aromatic rings. The third kappa shape index (κ3) is 8.34. The maximum absolute atomic E-state index is 14.3. The number of anilines is 1. The van der Waals surface area contributed by atoms with E-state index in [9.17, 15) is 31.5 Å². The van der Waals surface area contributed by atoms with Gasteiger partial charge in [-0.2, -0.15) is 27.8 Å². The van der Waals surface area contributed by atoms with E-state index in [4.69, 9.17) is 0 Å². The van der Waals surface area contributed by atoms with Gasteiger partial charge in [-0.25, -0.2) is 4.39 Å². The molecule has 1 aromatic carbocycles. The molecule has 0 radical (unpaired) electrons. The van der Waals surface area contributed by atoms with Gasteiger partial charge in [-0.1, -0.05) is 25.5 Å². The van der Waals surface area contributed by atoms with E-state index in [0.29, 0.717) is 12.7 Å². The van der Waals surface area contributed by atoms with Crippen molar-refractivity contribution in [2.75, 3.05) is 19.0 Å². The van der Waals surface area contributed by atoms with Crippen molar-refractivity contribution in [2.24, 2.45) is 0 Å². The number of carbonyl (C=O) groups is 1. The number of aromatic amines is 1. The summed E-state index contributed by atoms with van der Waals surface area (Å²) in [6.45, 7) is 7.01. The first kappa shape index (κ1) is 29.5. The van der Waals surface area contributed by atoms with E-state index in [1.807, 2.05) is 0 Å². The van der Waals surface area contributed by atoms with Gasteiger partial charge in [0.15, 0.2) is 0 Å². The molecule has 2 aromatic heterocycles. The number of hydrogen-bond donors (Lipinski definition) is 3. The number of amides is 1. The number of H-pyrrole nitrogens is 1. The number of benzene rings is 1. The molecule has 8 nitrogen and oxygen atoms in total. The number of rotatable bonds is 6. The second-order valence-corrected chi connectivity index (χ2v) is 7.40. The number of nitrogens with zero attached hydrogens (tertiary/aromatic N) is 3. The summed E-state index contributed by atoms with van der Waals surface area (Å²) >= 11 is 0. The standard InChI is InChI=1S/C15H13F4N5O.C6H13NO.CH3F/c1-7-3-4-9(10(16)5-7)11-12(22-8(2)15(17,18)19)24-14(20-6-21-24)23-13(11)25;1-3-4-5-7-6(2)8;1-2/h3-6,8,22H,1-2H3,(H,20,21,23,25);3-5H2,1-2H3,(H,7,8);1H3. The molecule has 0 aliphatic carbocycles. The second-order valence-electron chi connectivity index (χ2n) is 7.40. The number of halogens is 5. The van der Waals surface area contributed by atoms with E-state index in [1.165, 1.54) is 19.1 Å². The van der Waals surface area contributed by atoms with Crippen LogP contribution in [0.4, 0.5) is 27.8 Å². The van der Waals surface area contributed by atoms with E-state index in [1.54, 1.807) is 13.0 Å². The highest BCUT2D eigenvalue weighted by Crippen LogP contribution is 2.30. The first-order chi connectivity index (χ1) is 16.5. The van der Waals surface area contributed by atoms with Crippen LogP contribution >= 0.6 is 0 Å². The Bertz CT molecular complexity index is 1160. The van der Waals surface area contributed by atoms with Crippen LogP contribution in [0.25, 0.3) is 16.9 Å². The molecule has 0 aliphatic rings. The summed E-state index contributed by atoms with van der Waals surface area (Å²) in [5.41, 5.74) is -0.592. The Morgan fingerprint density at radius 3 is 2.46 bits per heavy atom. The molecular weight excluding hydrogens is 475 g/mol. The van der Waals surface area contributed by atoms with Crippen LogP contribution in [0.2, 0.25) is 0 Å². The van der Waals surface area contributed by atoms with Gasteiger partial charge in [0.25, 0.3) is 5.56 Å². The smallest absolute Gasteiger partial charge is 0.358 e. The topological polar surface area (TPSA) is 104 Å². The zero-order valence-electron chi connectivity index (χ0n) is 20.1. The Balaban J connectivity index is 0.000000523. The maximum atomic E-state index is 14.3. The van der Waals surface area contributed by atoms with Crippen molar-refractivity contribution in [3.05, 3.63) is 46.3 Å². The Labute approximate surface area is 199 Å². The van der Waals surface area contributed by atoms with Gasteiger partial charge in [0.1, 0.15) is 24.0 Å². The lowest BCUT2D eigenvalue weighted by atomic mass is 10.0. The van der Waals surface area contributed by atoms with E-state index in [-0.39, 0.29) is 28.6 Å². The second kappa shape index (κ2) is 13.4. The Hall–Kier alpha value is -3.51. The number of carbonyl (C=O) groups excluding carboxylic acids is 1. The van der Waals surface area contributed by atoms with Gasteiger partial charge >= 0.3 is 6.18 Å². The van der Waals surface area contributed by atoms with Crippen molar-refractivity contribution in [1.82, 2.24) is 24.9 Å². The summed E-state index contributed by atoms with van der Waals surface area (Å²) in [5, 5.41) is 8.73. The summed E-state index contributed by atoms with van der Waals surface area (Å²) in [7, 11) is 0.500. The van der Waals surface area contributed by atoms with Gasteiger partial charge in [0.05, 0.1) is 12.7 Å². The van der Waals surface area contributed by atoms with Gasteiger partial charge in [0, 0.05) is 19.0 Å². The van der Waals surface area contributed by atoms with Crippen LogP contribution in [0, 0.1) is 12.7 Å². The highest BCUT2D eigenvalue weighted by atomic mass is 19.4. The van der Waals surface area contributed by atoms with Crippen molar-refractivity contribution in [1.29, 1.82) is 0 Å². The molecule has 0 spiro atoms. The monoisotopic (exact) mass is 504 g/mol. The Morgan fingerprint density at radius 2 is 1.91 bits per heavy atom. The third-order valence-corrected chi connectivity index (χ3v) is 4.59. The average Bonchev–Trinajstić information content (AvgIpc) is 3.24. The van der Waals surface area contributed by atoms with Crippen LogP contribution in [0.15, 0.2) is 29.3 Å². The summed E-state index contributed by atoms with van der Waals surface area (Å²) in [6.07, 6.45) is -1.28. The highest BCUT2D eigenvalue weighted by molar-refractivity contribution is 5.76. The molecule has 1 unspecified atom stereocenters.